The van der Waals surface area contributed by atoms with Crippen molar-refractivity contribution in [2.45, 2.75) is 31.6 Å². The number of carboxylic acid groups (broad SMARTS) is 1. The van der Waals surface area contributed by atoms with Crippen molar-refractivity contribution >= 4 is 33.4 Å². The fourth-order valence-corrected chi connectivity index (χ4v) is 5.19. The molecule has 3 heterocycles. The molecule has 1 fully saturated rings. The number of anilines is 1. The number of aliphatic carboxylic acids is 1. The van der Waals surface area contributed by atoms with Crippen LogP contribution in [0.5, 0.6) is 5.75 Å². The molecule has 1 aliphatic carbocycles. The van der Waals surface area contributed by atoms with E-state index >= 15 is 0 Å². The molecule has 34 heavy (non-hydrogen) atoms. The molecule has 4 aromatic rings. The number of ether oxygens (including phenoxy) is 1. The highest BCUT2D eigenvalue weighted by Gasteiger charge is 2.30. The lowest BCUT2D eigenvalue weighted by molar-refractivity contribution is -0.142. The van der Waals surface area contributed by atoms with Crippen LogP contribution >= 0.6 is 15.9 Å². The fourth-order valence-electron chi connectivity index (χ4n) is 4.61. The number of pyridine rings is 1. The van der Waals surface area contributed by atoms with Gasteiger partial charge < -0.3 is 15.6 Å². The van der Waals surface area contributed by atoms with Gasteiger partial charge in [-0.2, -0.15) is 9.61 Å². The highest BCUT2D eigenvalue weighted by molar-refractivity contribution is 9.10. The average molecular weight is 522 g/mol. The molecule has 0 unspecified atom stereocenters. The van der Waals surface area contributed by atoms with E-state index in [1.165, 1.54) is 0 Å². The maximum Gasteiger partial charge on any atom is 0.306 e. The van der Waals surface area contributed by atoms with Gasteiger partial charge in [0, 0.05) is 28.8 Å². The van der Waals surface area contributed by atoms with E-state index in [1.54, 1.807) is 17.8 Å². The highest BCUT2D eigenvalue weighted by atomic mass is 79.9. The van der Waals surface area contributed by atoms with Crippen LogP contribution in [0.3, 0.4) is 0 Å². The van der Waals surface area contributed by atoms with Gasteiger partial charge in [-0.1, -0.05) is 18.2 Å². The molecule has 1 aromatic carbocycles. The summed E-state index contributed by atoms with van der Waals surface area (Å²) in [6.45, 7) is 0. The second kappa shape index (κ2) is 9.06. The molecule has 0 bridgehead atoms. The summed E-state index contributed by atoms with van der Waals surface area (Å²) in [5, 5.41) is 13.8. The summed E-state index contributed by atoms with van der Waals surface area (Å²) in [5.74, 6) is 0.404. The summed E-state index contributed by atoms with van der Waals surface area (Å²) in [4.78, 5) is 20.9. The van der Waals surface area contributed by atoms with Gasteiger partial charge in [-0.05, 0) is 59.8 Å². The van der Waals surface area contributed by atoms with Crippen molar-refractivity contribution in [3.8, 4) is 28.1 Å². The highest BCUT2D eigenvalue weighted by Crippen LogP contribution is 2.40. The molecule has 5 rings (SSSR count). The van der Waals surface area contributed by atoms with Crippen molar-refractivity contribution in [1.82, 2.24) is 19.6 Å². The molecule has 3 aromatic heterocycles. The molecule has 1 saturated carbocycles. The van der Waals surface area contributed by atoms with Crippen LogP contribution in [0.1, 0.15) is 37.3 Å². The summed E-state index contributed by atoms with van der Waals surface area (Å²) in [7, 11) is 1.64. The van der Waals surface area contributed by atoms with Crippen LogP contribution in [0.25, 0.3) is 28.0 Å². The number of methoxy groups -OCH3 is 1. The summed E-state index contributed by atoms with van der Waals surface area (Å²) in [6, 6.07) is 11.7. The Balaban J connectivity index is 1.49. The Kier molecular flexibility index (Phi) is 5.95. The Morgan fingerprint density at radius 1 is 1.15 bits per heavy atom. The zero-order valence-electron chi connectivity index (χ0n) is 18.6. The molecular formula is C25H24BrN5O3. The maximum atomic E-state index is 11.3. The number of carbonyl (C=O) groups is 1. The number of rotatable bonds is 5. The lowest BCUT2D eigenvalue weighted by atomic mass is 9.80. The number of aromatic nitrogens is 4. The number of benzene rings is 1. The number of nitrogens with zero attached hydrogens (tertiary/aromatic N) is 4. The van der Waals surface area contributed by atoms with Crippen LogP contribution in [0.15, 0.2) is 53.3 Å². The van der Waals surface area contributed by atoms with E-state index in [4.69, 9.17) is 15.5 Å². The van der Waals surface area contributed by atoms with Crippen molar-refractivity contribution in [3.05, 3.63) is 59.0 Å². The standard InChI is InChI=1S/C25H24BrN5O3/c1-34-18-4-2-3-16(11-18)20-10-9-17(12-28-20)19-13-29-31-23(27)21(26)22(30-24(19)31)14-5-7-15(8-6-14)25(32)33/h2-4,9-15H,5-8,27H2,1H3,(H,32,33)/t14-,15-. The molecule has 0 aliphatic heterocycles. The van der Waals surface area contributed by atoms with Gasteiger partial charge in [0.25, 0.3) is 0 Å². The van der Waals surface area contributed by atoms with Crippen molar-refractivity contribution < 1.29 is 14.6 Å². The molecule has 0 amide bonds. The Labute approximate surface area is 204 Å². The first-order valence-corrected chi connectivity index (χ1v) is 11.9. The topological polar surface area (TPSA) is 116 Å². The van der Waals surface area contributed by atoms with Gasteiger partial charge in [0.05, 0.1) is 35.1 Å². The second-order valence-electron chi connectivity index (χ2n) is 8.54. The summed E-state index contributed by atoms with van der Waals surface area (Å²) >= 11 is 3.61. The third-order valence-corrected chi connectivity index (χ3v) is 7.36. The summed E-state index contributed by atoms with van der Waals surface area (Å²) in [6.07, 6.45) is 6.36. The number of carboxylic acids is 1. The van der Waals surface area contributed by atoms with Crippen LogP contribution in [-0.2, 0) is 4.79 Å². The molecule has 1 aliphatic rings. The fraction of sp³-hybridized carbons (Fsp3) is 0.280. The van der Waals surface area contributed by atoms with Crippen LogP contribution in [0.4, 0.5) is 5.82 Å². The maximum absolute atomic E-state index is 11.3. The number of fused-ring (bicyclic) bond motifs is 1. The third-order valence-electron chi connectivity index (χ3n) is 6.55. The number of nitrogens with two attached hydrogens (primary N) is 1. The molecule has 8 nitrogen and oxygen atoms in total. The van der Waals surface area contributed by atoms with Crippen molar-refractivity contribution in [2.24, 2.45) is 5.92 Å². The van der Waals surface area contributed by atoms with Gasteiger partial charge in [-0.15, -0.1) is 0 Å². The Morgan fingerprint density at radius 2 is 1.94 bits per heavy atom. The van der Waals surface area contributed by atoms with Crippen LogP contribution in [0.2, 0.25) is 0 Å². The predicted molar refractivity (Wildman–Crippen MR) is 133 cm³/mol. The minimum atomic E-state index is -0.719. The molecule has 0 radical (unpaired) electrons. The van der Waals surface area contributed by atoms with E-state index in [9.17, 15) is 9.90 Å². The van der Waals surface area contributed by atoms with Crippen LogP contribution < -0.4 is 10.5 Å². The lowest BCUT2D eigenvalue weighted by Gasteiger charge is -2.26. The second-order valence-corrected chi connectivity index (χ2v) is 9.33. The van der Waals surface area contributed by atoms with Gasteiger partial charge in [0.1, 0.15) is 11.6 Å². The lowest BCUT2D eigenvalue weighted by Crippen LogP contribution is -2.21. The number of hydrogen-bond donors (Lipinski definition) is 2. The minimum absolute atomic E-state index is 0.147. The molecule has 0 spiro atoms. The summed E-state index contributed by atoms with van der Waals surface area (Å²) < 4.78 is 7.66. The average Bonchev–Trinajstić information content (AvgIpc) is 3.30. The van der Waals surface area contributed by atoms with Gasteiger partial charge in [-0.3, -0.25) is 9.78 Å². The van der Waals surface area contributed by atoms with E-state index in [0.29, 0.717) is 24.3 Å². The Bertz CT molecular complexity index is 1360. The van der Waals surface area contributed by atoms with E-state index in [1.807, 2.05) is 42.6 Å². The third kappa shape index (κ3) is 4.00. The van der Waals surface area contributed by atoms with Gasteiger partial charge in [-0.25, -0.2) is 4.98 Å². The monoisotopic (exact) mass is 521 g/mol. The first-order valence-electron chi connectivity index (χ1n) is 11.1. The smallest absolute Gasteiger partial charge is 0.306 e. The van der Waals surface area contributed by atoms with E-state index < -0.39 is 5.97 Å². The van der Waals surface area contributed by atoms with Crippen molar-refractivity contribution in [2.75, 3.05) is 12.8 Å². The number of nitrogen functional groups attached to an aromatic ring is 1. The van der Waals surface area contributed by atoms with Gasteiger partial charge >= 0.3 is 5.97 Å². The molecule has 174 valence electrons. The molecular weight excluding hydrogens is 498 g/mol. The first kappa shape index (κ1) is 22.3. The predicted octanol–water partition coefficient (Wildman–Crippen LogP) is 5.17. The normalized spacial score (nSPS) is 18.2. The van der Waals surface area contributed by atoms with E-state index in [0.717, 1.165) is 51.1 Å². The van der Waals surface area contributed by atoms with E-state index in [2.05, 4.69) is 26.0 Å². The van der Waals surface area contributed by atoms with Gasteiger partial charge in [0.15, 0.2) is 5.65 Å². The first-order chi connectivity index (χ1) is 16.5. The SMILES string of the molecule is COc1cccc(-c2ccc(-c3cnn4c(N)c(Br)c([C@H]5CC[C@H](C(=O)O)CC5)nc34)cn2)c1. The minimum Gasteiger partial charge on any atom is -0.497 e. The molecule has 0 atom stereocenters. The van der Waals surface area contributed by atoms with Crippen LogP contribution in [-0.4, -0.2) is 37.8 Å². The zero-order valence-corrected chi connectivity index (χ0v) is 20.2. The van der Waals surface area contributed by atoms with Crippen molar-refractivity contribution in [1.29, 1.82) is 0 Å². The van der Waals surface area contributed by atoms with Gasteiger partial charge in [0.2, 0.25) is 0 Å². The molecule has 3 N–H and O–H groups in total. The Hall–Kier alpha value is -3.46. The van der Waals surface area contributed by atoms with Crippen molar-refractivity contribution in [3.63, 3.8) is 0 Å². The van der Waals surface area contributed by atoms with Crippen LogP contribution in [0, 0.1) is 5.92 Å². The largest absolute Gasteiger partial charge is 0.497 e. The Morgan fingerprint density at radius 3 is 2.62 bits per heavy atom. The van der Waals surface area contributed by atoms with E-state index in [-0.39, 0.29) is 11.8 Å². The summed E-state index contributed by atoms with van der Waals surface area (Å²) in [5.41, 5.74) is 11.5. The number of halogens is 1. The zero-order chi connectivity index (χ0) is 23.8. The molecule has 0 saturated heterocycles. The molecule has 9 heteroatoms. The quantitative estimate of drug-likeness (QED) is 0.372. The number of hydrogen-bond acceptors (Lipinski definition) is 6.